The van der Waals surface area contributed by atoms with Gasteiger partial charge in [-0.15, -0.1) is 0 Å². The van der Waals surface area contributed by atoms with Crippen LogP contribution in [0.1, 0.15) is 149 Å². The third kappa shape index (κ3) is 35.8. The van der Waals surface area contributed by atoms with Crippen molar-refractivity contribution in [3.63, 3.8) is 0 Å². The van der Waals surface area contributed by atoms with E-state index in [1.807, 2.05) is 12.2 Å². The van der Waals surface area contributed by atoms with Crippen molar-refractivity contribution in [2.75, 3.05) is 13.2 Å². The summed E-state index contributed by atoms with van der Waals surface area (Å²) >= 11 is 0. The van der Waals surface area contributed by atoms with Crippen LogP contribution in [0.3, 0.4) is 0 Å². The maximum atomic E-state index is 12.1. The summed E-state index contributed by atoms with van der Waals surface area (Å²) in [7, 11) is 0. The van der Waals surface area contributed by atoms with E-state index in [1.165, 1.54) is 77.0 Å². The molecule has 0 aliphatic carbocycles. The van der Waals surface area contributed by atoms with Crippen LogP contribution in [0.5, 0.6) is 0 Å². The van der Waals surface area contributed by atoms with E-state index in [4.69, 9.17) is 9.47 Å². The molecule has 0 aromatic heterocycles. The van der Waals surface area contributed by atoms with Crippen LogP contribution in [-0.4, -0.2) is 30.4 Å². The van der Waals surface area contributed by atoms with Crippen LogP contribution >= 0.6 is 0 Å². The number of carbonyl (C=O) groups is 1. The average molecular weight is 625 g/mol. The highest BCUT2D eigenvalue weighted by molar-refractivity contribution is 5.69. The van der Waals surface area contributed by atoms with Gasteiger partial charge in [-0.2, -0.15) is 0 Å². The van der Waals surface area contributed by atoms with Crippen molar-refractivity contribution in [2.24, 2.45) is 0 Å². The standard InChI is InChI=1S/C41H68O4/c1-3-5-7-9-11-13-15-17-19-20-21-22-23-24-26-28-30-32-34-36-41(43)45-40(38-42)39-44-37-35-33-31-29-27-25-18-16-14-12-10-8-6-4-2/h5,7,11,13,17,19,21-22,24,26,30,32,35,37,40,42H,3-4,6,8-10,12,14-16,18,20,23,25,27-29,31,33-34,36,38-39H2,1-2H3. The molecule has 0 radical (unpaired) electrons. The molecule has 256 valence electrons. The highest BCUT2D eigenvalue weighted by atomic mass is 16.6. The minimum atomic E-state index is -0.626. The van der Waals surface area contributed by atoms with Gasteiger partial charge in [0.15, 0.2) is 6.10 Å². The maximum Gasteiger partial charge on any atom is 0.306 e. The molecule has 0 bridgehead atoms. The van der Waals surface area contributed by atoms with Crippen molar-refractivity contribution in [1.29, 1.82) is 0 Å². The second-order valence-corrected chi connectivity index (χ2v) is 11.6. The molecule has 0 spiro atoms. The van der Waals surface area contributed by atoms with Crippen LogP contribution in [-0.2, 0) is 14.3 Å². The number of carbonyl (C=O) groups excluding carboxylic acids is 1. The Morgan fingerprint density at radius 1 is 0.556 bits per heavy atom. The molecule has 0 saturated heterocycles. The van der Waals surface area contributed by atoms with Gasteiger partial charge in [0.25, 0.3) is 0 Å². The van der Waals surface area contributed by atoms with Crippen molar-refractivity contribution in [2.45, 2.75) is 155 Å². The quantitative estimate of drug-likeness (QED) is 0.0350. The van der Waals surface area contributed by atoms with Crippen LogP contribution in [0.25, 0.3) is 0 Å². The van der Waals surface area contributed by atoms with Crippen molar-refractivity contribution in [3.05, 3.63) is 85.3 Å². The van der Waals surface area contributed by atoms with Gasteiger partial charge < -0.3 is 14.6 Å². The fraction of sp³-hybridized carbons (Fsp3) is 0.634. The zero-order valence-corrected chi connectivity index (χ0v) is 29.1. The lowest BCUT2D eigenvalue weighted by atomic mass is 10.0. The van der Waals surface area contributed by atoms with E-state index in [2.05, 4.69) is 80.7 Å². The lowest BCUT2D eigenvalue weighted by Gasteiger charge is -2.14. The maximum absolute atomic E-state index is 12.1. The van der Waals surface area contributed by atoms with Crippen molar-refractivity contribution < 1.29 is 19.4 Å². The van der Waals surface area contributed by atoms with Gasteiger partial charge in [-0.25, -0.2) is 0 Å². The summed E-state index contributed by atoms with van der Waals surface area (Å²) < 4.78 is 10.8. The van der Waals surface area contributed by atoms with Crippen molar-refractivity contribution in [1.82, 2.24) is 0 Å². The number of rotatable bonds is 32. The molecule has 1 atom stereocenters. The summed E-state index contributed by atoms with van der Waals surface area (Å²) in [4.78, 5) is 12.1. The van der Waals surface area contributed by atoms with E-state index in [0.29, 0.717) is 12.8 Å². The van der Waals surface area contributed by atoms with Crippen LogP contribution in [0.4, 0.5) is 0 Å². The lowest BCUT2D eigenvalue weighted by Crippen LogP contribution is -2.26. The van der Waals surface area contributed by atoms with E-state index in [0.717, 1.165) is 44.9 Å². The number of aliphatic hydroxyl groups excluding tert-OH is 1. The minimum absolute atomic E-state index is 0.178. The summed E-state index contributed by atoms with van der Waals surface area (Å²) in [6, 6.07) is 0. The van der Waals surface area contributed by atoms with E-state index < -0.39 is 6.10 Å². The Kier molecular flexibility index (Phi) is 35.4. The second-order valence-electron chi connectivity index (χ2n) is 11.6. The molecule has 0 aliphatic heterocycles. The van der Waals surface area contributed by atoms with E-state index in [-0.39, 0.29) is 19.2 Å². The van der Waals surface area contributed by atoms with Crippen LogP contribution in [0.15, 0.2) is 85.3 Å². The Bertz CT molecular complexity index is 830. The van der Waals surface area contributed by atoms with Gasteiger partial charge in [-0.05, 0) is 63.9 Å². The van der Waals surface area contributed by atoms with Gasteiger partial charge in [0.05, 0.1) is 12.9 Å². The third-order valence-corrected chi connectivity index (χ3v) is 7.31. The fourth-order valence-corrected chi connectivity index (χ4v) is 4.61. The van der Waals surface area contributed by atoms with E-state index in [1.54, 1.807) is 6.26 Å². The first kappa shape index (κ1) is 42.4. The molecule has 0 fully saturated rings. The second kappa shape index (κ2) is 37.6. The normalized spacial score (nSPS) is 13.3. The van der Waals surface area contributed by atoms with Crippen LogP contribution < -0.4 is 0 Å². The number of hydrogen-bond acceptors (Lipinski definition) is 4. The Labute approximate surface area is 278 Å². The molecule has 0 amide bonds. The molecule has 0 aromatic carbocycles. The molecule has 0 saturated carbocycles. The number of hydrogen-bond donors (Lipinski definition) is 1. The molecular formula is C41H68O4. The Morgan fingerprint density at radius 2 is 1.00 bits per heavy atom. The number of esters is 1. The van der Waals surface area contributed by atoms with Gasteiger partial charge in [0.2, 0.25) is 0 Å². The Balaban J connectivity index is 3.68. The summed E-state index contributed by atoms with van der Waals surface area (Å²) in [5.41, 5.74) is 0. The van der Waals surface area contributed by atoms with E-state index in [9.17, 15) is 9.90 Å². The smallest absolute Gasteiger partial charge is 0.306 e. The molecular weight excluding hydrogens is 556 g/mol. The van der Waals surface area contributed by atoms with E-state index >= 15 is 0 Å². The largest absolute Gasteiger partial charge is 0.498 e. The first-order valence-electron chi connectivity index (χ1n) is 18.2. The summed E-state index contributed by atoms with van der Waals surface area (Å²) in [6.45, 7) is 4.36. The van der Waals surface area contributed by atoms with Gasteiger partial charge in [0.1, 0.15) is 6.61 Å². The van der Waals surface area contributed by atoms with Crippen LogP contribution in [0, 0.1) is 0 Å². The van der Waals surface area contributed by atoms with Crippen molar-refractivity contribution in [3.8, 4) is 0 Å². The van der Waals surface area contributed by atoms with Gasteiger partial charge in [0, 0.05) is 6.42 Å². The predicted octanol–water partition coefficient (Wildman–Crippen LogP) is 12.0. The Hall–Kier alpha value is -2.59. The van der Waals surface area contributed by atoms with Crippen molar-refractivity contribution >= 4 is 5.97 Å². The Morgan fingerprint density at radius 3 is 1.47 bits per heavy atom. The molecule has 1 N–H and O–H groups in total. The summed E-state index contributed by atoms with van der Waals surface area (Å²) in [5.74, 6) is -0.308. The van der Waals surface area contributed by atoms with Gasteiger partial charge in [-0.1, -0.05) is 157 Å². The number of aliphatic hydroxyl groups is 1. The topological polar surface area (TPSA) is 55.8 Å². The SMILES string of the molecule is CCC=CCC=CCC=CCC=CCC=CCC=CCCC(=O)OC(CO)COC=CCCCCCCCCCCCCCC. The lowest BCUT2D eigenvalue weighted by molar-refractivity contribution is -0.153. The molecule has 1 unspecified atom stereocenters. The average Bonchev–Trinajstić information content (AvgIpc) is 3.05. The predicted molar refractivity (Wildman–Crippen MR) is 195 cm³/mol. The zero-order valence-electron chi connectivity index (χ0n) is 29.1. The molecule has 0 aliphatic rings. The minimum Gasteiger partial charge on any atom is -0.498 e. The zero-order chi connectivity index (χ0) is 32.7. The molecule has 45 heavy (non-hydrogen) atoms. The first-order chi connectivity index (χ1) is 22.2. The first-order valence-corrected chi connectivity index (χ1v) is 18.2. The number of unbranched alkanes of at least 4 members (excludes halogenated alkanes) is 12. The third-order valence-electron chi connectivity index (χ3n) is 7.31. The molecule has 4 heteroatoms. The van der Waals surface area contributed by atoms with Gasteiger partial charge >= 0.3 is 5.97 Å². The molecule has 0 rings (SSSR count). The van der Waals surface area contributed by atoms with Crippen LogP contribution in [0.2, 0.25) is 0 Å². The van der Waals surface area contributed by atoms with Gasteiger partial charge in [-0.3, -0.25) is 4.79 Å². The highest BCUT2D eigenvalue weighted by Gasteiger charge is 2.13. The fourth-order valence-electron chi connectivity index (χ4n) is 4.61. The highest BCUT2D eigenvalue weighted by Crippen LogP contribution is 2.12. The monoisotopic (exact) mass is 625 g/mol. The summed E-state index contributed by atoms with van der Waals surface area (Å²) in [6.07, 6.45) is 53.0. The summed E-state index contributed by atoms with van der Waals surface area (Å²) in [5, 5.41) is 9.52. The number of ether oxygens (including phenoxy) is 2. The molecule has 4 nitrogen and oxygen atoms in total. The molecule has 0 aromatic rings. The molecule has 0 heterocycles. The number of allylic oxidation sites excluding steroid dienone is 13.